The molecule has 0 spiro atoms. The summed E-state index contributed by atoms with van der Waals surface area (Å²) in [6, 6.07) is 11.3. The minimum atomic E-state index is -4.41. The van der Waals surface area contributed by atoms with E-state index in [1.165, 1.54) is 22.2 Å². The zero-order chi connectivity index (χ0) is 16.4. The van der Waals surface area contributed by atoms with Crippen LogP contribution in [0.3, 0.4) is 0 Å². The number of benzene rings is 1. The summed E-state index contributed by atoms with van der Waals surface area (Å²) in [5, 5.41) is 16.9. The number of fused-ring (bicyclic) bond motifs is 1. The lowest BCUT2D eigenvalue weighted by molar-refractivity contribution is -0.137. The van der Waals surface area contributed by atoms with Gasteiger partial charge in [-0.1, -0.05) is 23.9 Å². The first-order valence-electron chi connectivity index (χ1n) is 6.51. The van der Waals surface area contributed by atoms with Gasteiger partial charge in [0, 0.05) is 11.9 Å². The lowest BCUT2D eigenvalue weighted by Gasteiger charge is -2.07. The van der Waals surface area contributed by atoms with Crippen molar-refractivity contribution in [2.45, 2.75) is 17.1 Å². The Balaban J connectivity index is 1.83. The monoisotopic (exact) mass is 334 g/mol. The fraction of sp³-hybridized carbons (Fsp3) is 0.133. The number of rotatable bonds is 3. The smallest absolute Gasteiger partial charge is 0.277 e. The zero-order valence-corrected chi connectivity index (χ0v) is 12.4. The molecule has 0 bridgehead atoms. The lowest BCUT2D eigenvalue weighted by Crippen LogP contribution is -2.06. The van der Waals surface area contributed by atoms with Crippen molar-refractivity contribution in [2.75, 3.05) is 0 Å². The molecule has 0 aliphatic rings. The van der Waals surface area contributed by atoms with E-state index in [0.717, 1.165) is 17.8 Å². The number of nitriles is 1. The first-order valence-corrected chi connectivity index (χ1v) is 7.50. The van der Waals surface area contributed by atoms with E-state index in [1.54, 1.807) is 24.3 Å². The second kappa shape index (κ2) is 5.93. The molecule has 0 atom stereocenters. The molecule has 0 saturated carbocycles. The highest BCUT2D eigenvalue weighted by atomic mass is 32.2. The Labute approximate surface area is 133 Å². The van der Waals surface area contributed by atoms with Crippen LogP contribution >= 0.6 is 11.8 Å². The molecule has 2 aromatic heterocycles. The Morgan fingerprint density at radius 1 is 1.09 bits per heavy atom. The highest BCUT2D eigenvalue weighted by Gasteiger charge is 2.31. The summed E-state index contributed by atoms with van der Waals surface area (Å²) in [7, 11) is 0. The van der Waals surface area contributed by atoms with Crippen molar-refractivity contribution in [3.8, 4) is 6.07 Å². The normalized spacial score (nSPS) is 11.6. The van der Waals surface area contributed by atoms with Gasteiger partial charge < -0.3 is 0 Å². The zero-order valence-electron chi connectivity index (χ0n) is 11.6. The molecule has 8 heteroatoms. The molecule has 0 fully saturated rings. The predicted octanol–water partition coefficient (Wildman–Crippen LogP) is 3.91. The minimum Gasteiger partial charge on any atom is -0.277 e. The second-order valence-corrected chi connectivity index (χ2v) is 5.67. The molecule has 1 aromatic carbocycles. The number of alkyl halides is 3. The van der Waals surface area contributed by atoms with Crippen LogP contribution in [0.25, 0.3) is 5.65 Å². The second-order valence-electron chi connectivity index (χ2n) is 4.72. The molecule has 23 heavy (non-hydrogen) atoms. The van der Waals surface area contributed by atoms with Gasteiger partial charge in [-0.15, -0.1) is 10.2 Å². The third-order valence-corrected chi connectivity index (χ3v) is 4.16. The molecule has 4 nitrogen and oxygen atoms in total. The summed E-state index contributed by atoms with van der Waals surface area (Å²) in [6.07, 6.45) is -3.41. The molecule has 3 rings (SSSR count). The van der Waals surface area contributed by atoms with Gasteiger partial charge in [0.25, 0.3) is 0 Å². The molecular weight excluding hydrogens is 325 g/mol. The largest absolute Gasteiger partial charge is 0.417 e. The van der Waals surface area contributed by atoms with Gasteiger partial charge in [-0.3, -0.25) is 4.40 Å². The number of nitrogens with zero attached hydrogens (tertiary/aromatic N) is 4. The van der Waals surface area contributed by atoms with Crippen LogP contribution in [0, 0.1) is 11.3 Å². The molecule has 0 radical (unpaired) electrons. The Hall–Kier alpha value is -2.53. The van der Waals surface area contributed by atoms with Crippen LogP contribution in [-0.2, 0) is 11.9 Å². The van der Waals surface area contributed by atoms with Gasteiger partial charge >= 0.3 is 6.18 Å². The van der Waals surface area contributed by atoms with Crippen LogP contribution in [0.15, 0.2) is 47.8 Å². The third-order valence-electron chi connectivity index (χ3n) is 3.15. The van der Waals surface area contributed by atoms with Crippen LogP contribution in [0.1, 0.15) is 16.7 Å². The van der Waals surface area contributed by atoms with E-state index >= 15 is 0 Å². The number of aromatic nitrogens is 3. The first-order chi connectivity index (χ1) is 11.0. The van der Waals surface area contributed by atoms with E-state index in [1.807, 2.05) is 6.07 Å². The fourth-order valence-electron chi connectivity index (χ4n) is 1.96. The predicted molar refractivity (Wildman–Crippen MR) is 78.7 cm³/mol. The van der Waals surface area contributed by atoms with E-state index in [-0.39, 0.29) is 0 Å². The van der Waals surface area contributed by atoms with Gasteiger partial charge in [0.15, 0.2) is 10.8 Å². The summed E-state index contributed by atoms with van der Waals surface area (Å²) in [4.78, 5) is 0. The van der Waals surface area contributed by atoms with Crippen molar-refractivity contribution in [1.29, 1.82) is 5.26 Å². The molecule has 2 heterocycles. The number of hydrogen-bond acceptors (Lipinski definition) is 4. The van der Waals surface area contributed by atoms with Gasteiger partial charge in [-0.2, -0.15) is 18.4 Å². The average molecular weight is 334 g/mol. The van der Waals surface area contributed by atoms with Gasteiger partial charge in [0.2, 0.25) is 0 Å². The summed E-state index contributed by atoms with van der Waals surface area (Å²) < 4.78 is 39.7. The van der Waals surface area contributed by atoms with E-state index in [2.05, 4.69) is 10.2 Å². The lowest BCUT2D eigenvalue weighted by atomic mass is 10.2. The van der Waals surface area contributed by atoms with Crippen LogP contribution < -0.4 is 0 Å². The molecule has 0 aliphatic carbocycles. The summed E-state index contributed by atoms with van der Waals surface area (Å²) in [5.41, 5.74) is 1.12. The van der Waals surface area contributed by atoms with E-state index in [4.69, 9.17) is 5.26 Å². The Bertz CT molecular complexity index is 878. The molecule has 116 valence electrons. The van der Waals surface area contributed by atoms with Crippen molar-refractivity contribution >= 4 is 17.4 Å². The van der Waals surface area contributed by atoms with Crippen LogP contribution in [0.4, 0.5) is 13.2 Å². The Kier molecular flexibility index (Phi) is 3.96. The van der Waals surface area contributed by atoms with Gasteiger partial charge in [0.05, 0.1) is 17.2 Å². The maximum absolute atomic E-state index is 12.8. The average Bonchev–Trinajstić information content (AvgIpc) is 2.95. The van der Waals surface area contributed by atoms with Gasteiger partial charge in [-0.05, 0) is 29.8 Å². The van der Waals surface area contributed by atoms with Crippen molar-refractivity contribution in [2.24, 2.45) is 0 Å². The highest BCUT2D eigenvalue weighted by Crippen LogP contribution is 2.30. The quantitative estimate of drug-likeness (QED) is 0.682. The highest BCUT2D eigenvalue weighted by molar-refractivity contribution is 7.98. The van der Waals surface area contributed by atoms with E-state index in [9.17, 15) is 13.2 Å². The van der Waals surface area contributed by atoms with E-state index < -0.39 is 11.7 Å². The Morgan fingerprint density at radius 3 is 2.48 bits per heavy atom. The molecule has 0 unspecified atom stereocenters. The third kappa shape index (κ3) is 3.29. The number of halogens is 3. The summed E-state index contributed by atoms with van der Waals surface area (Å²) in [6.45, 7) is 0. The fourth-order valence-corrected chi connectivity index (χ4v) is 2.83. The van der Waals surface area contributed by atoms with Gasteiger partial charge in [0.1, 0.15) is 0 Å². The molecule has 0 N–H and O–H groups in total. The number of pyridine rings is 1. The molecule has 0 aliphatic heterocycles. The van der Waals surface area contributed by atoms with E-state index in [0.29, 0.717) is 22.1 Å². The number of hydrogen-bond donors (Lipinski definition) is 0. The van der Waals surface area contributed by atoms with Crippen molar-refractivity contribution in [1.82, 2.24) is 14.6 Å². The number of thioether (sulfide) groups is 1. The minimum absolute atomic E-state index is 0.361. The molecule has 0 saturated heterocycles. The van der Waals surface area contributed by atoms with Crippen molar-refractivity contribution in [3.63, 3.8) is 0 Å². The standard InChI is InChI=1S/C15H9F3N4S/c16-15(17,18)12-5-6-13-20-21-14(22(13)8-12)23-9-11-3-1-10(7-19)2-4-11/h1-6,8H,9H2. The maximum atomic E-state index is 12.8. The summed E-state index contributed by atoms with van der Waals surface area (Å²) >= 11 is 1.28. The SMILES string of the molecule is N#Cc1ccc(CSc2nnc3ccc(C(F)(F)F)cn23)cc1. The molecule has 3 aromatic rings. The van der Waals surface area contributed by atoms with Crippen molar-refractivity contribution in [3.05, 3.63) is 59.3 Å². The summed E-state index contributed by atoms with van der Waals surface area (Å²) in [5.74, 6) is 0.517. The topological polar surface area (TPSA) is 54.0 Å². The first kappa shape index (κ1) is 15.4. The van der Waals surface area contributed by atoms with Gasteiger partial charge in [-0.25, -0.2) is 0 Å². The van der Waals surface area contributed by atoms with Crippen LogP contribution in [0.5, 0.6) is 0 Å². The maximum Gasteiger partial charge on any atom is 0.417 e. The van der Waals surface area contributed by atoms with Crippen LogP contribution in [-0.4, -0.2) is 14.6 Å². The molecule has 0 amide bonds. The van der Waals surface area contributed by atoms with Crippen LogP contribution in [0.2, 0.25) is 0 Å². The Morgan fingerprint density at radius 2 is 1.83 bits per heavy atom. The van der Waals surface area contributed by atoms with Crippen molar-refractivity contribution < 1.29 is 13.2 Å². The molecular formula is C15H9F3N4S.